The zero-order valence-corrected chi connectivity index (χ0v) is 8.70. The summed E-state index contributed by atoms with van der Waals surface area (Å²) in [6.07, 6.45) is 0. The molecule has 1 radical (unpaired) electrons. The molecule has 2 rings (SSSR count). The van der Waals surface area contributed by atoms with Crippen molar-refractivity contribution in [1.82, 2.24) is 0 Å². The Morgan fingerprint density at radius 1 is 0.938 bits per heavy atom. The van der Waals surface area contributed by atoms with Crippen LogP contribution in [0.25, 0.3) is 0 Å². The van der Waals surface area contributed by atoms with Gasteiger partial charge in [-0.05, 0) is 36.4 Å². The van der Waals surface area contributed by atoms with E-state index in [9.17, 15) is 0 Å². The number of hydrogen-bond donors (Lipinski definition) is 4. The topological polar surface area (TPSA) is 90.1 Å². The molecule has 0 saturated heterocycles. The summed E-state index contributed by atoms with van der Waals surface area (Å²) in [7, 11) is 0. The van der Waals surface area contributed by atoms with Gasteiger partial charge in [-0.25, -0.2) is 0 Å². The lowest BCUT2D eigenvalue weighted by Gasteiger charge is -2.09. The molecule has 0 aliphatic heterocycles. The van der Waals surface area contributed by atoms with Crippen LogP contribution in [-0.2, 0) is 0 Å². The average molecular weight is 213 g/mol. The average Bonchev–Trinajstić information content (AvgIpc) is 2.25. The van der Waals surface area contributed by atoms with Crippen molar-refractivity contribution >= 4 is 28.4 Å². The molecule has 0 bridgehead atoms. The van der Waals surface area contributed by atoms with Gasteiger partial charge in [0, 0.05) is 23.1 Å². The fraction of sp³-hybridized carbons (Fsp3) is 0. The Morgan fingerprint density at radius 2 is 1.62 bits per heavy atom. The van der Waals surface area contributed by atoms with Gasteiger partial charge in [0.05, 0.1) is 11.4 Å². The highest BCUT2D eigenvalue weighted by Gasteiger charge is 2.00. The Hall–Kier alpha value is -2.36. The van der Waals surface area contributed by atoms with Crippen LogP contribution in [0.5, 0.6) is 0 Å². The maximum Gasteiger partial charge on any atom is 0.0699 e. The number of nitrogens with one attached hydrogen (secondary N) is 1. The summed E-state index contributed by atoms with van der Waals surface area (Å²) in [5, 5.41) is 3.13. The minimum Gasteiger partial charge on any atom is -0.399 e. The van der Waals surface area contributed by atoms with Crippen molar-refractivity contribution < 1.29 is 0 Å². The molecule has 0 amide bonds. The number of hydrogen-bond acceptors (Lipinski definition) is 4. The molecule has 2 aromatic carbocycles. The molecule has 0 aromatic heterocycles. The zero-order valence-electron chi connectivity index (χ0n) is 8.70. The maximum atomic E-state index is 5.80. The Bertz CT molecular complexity index is 491. The van der Waals surface area contributed by atoms with E-state index in [4.69, 9.17) is 17.2 Å². The quantitative estimate of drug-likeness (QED) is 0.574. The van der Waals surface area contributed by atoms with Gasteiger partial charge in [-0.3, -0.25) is 0 Å². The van der Waals surface area contributed by atoms with Crippen LogP contribution in [0.4, 0.5) is 28.4 Å². The first-order valence-electron chi connectivity index (χ1n) is 4.84. The predicted molar refractivity (Wildman–Crippen MR) is 68.2 cm³/mol. The normalized spacial score (nSPS) is 10.0. The minimum absolute atomic E-state index is 0.567. The zero-order chi connectivity index (χ0) is 11.5. The van der Waals surface area contributed by atoms with Gasteiger partial charge in [-0.2, -0.15) is 0 Å². The van der Waals surface area contributed by atoms with Crippen molar-refractivity contribution in [2.24, 2.45) is 0 Å². The summed E-state index contributed by atoms with van der Waals surface area (Å²) in [5.41, 5.74) is 20.5. The Kier molecular flexibility index (Phi) is 2.55. The van der Waals surface area contributed by atoms with E-state index in [1.54, 1.807) is 12.1 Å². The van der Waals surface area contributed by atoms with Crippen LogP contribution in [0.15, 0.2) is 36.4 Å². The molecule has 0 aliphatic rings. The lowest BCUT2D eigenvalue weighted by molar-refractivity contribution is 1.54. The van der Waals surface area contributed by atoms with E-state index in [2.05, 4.69) is 11.4 Å². The second kappa shape index (κ2) is 4.02. The number of benzene rings is 2. The van der Waals surface area contributed by atoms with Crippen molar-refractivity contribution in [2.45, 2.75) is 0 Å². The molecule has 81 valence electrons. The fourth-order valence-corrected chi connectivity index (χ4v) is 1.35. The molecular weight excluding hydrogens is 200 g/mol. The van der Waals surface area contributed by atoms with Crippen LogP contribution < -0.4 is 22.5 Å². The molecule has 4 nitrogen and oxygen atoms in total. The van der Waals surface area contributed by atoms with Crippen LogP contribution in [0.1, 0.15) is 0 Å². The van der Waals surface area contributed by atoms with E-state index < -0.39 is 0 Å². The first-order valence-corrected chi connectivity index (χ1v) is 4.84. The molecule has 0 saturated carbocycles. The van der Waals surface area contributed by atoms with E-state index in [1.807, 2.05) is 24.3 Å². The number of anilines is 5. The summed E-state index contributed by atoms with van der Waals surface area (Å²) in [4.78, 5) is 0. The fourth-order valence-electron chi connectivity index (χ4n) is 1.35. The lowest BCUT2D eigenvalue weighted by Crippen LogP contribution is -1.98. The standard InChI is InChI=1S/C12H13N4/c13-8-1-4-10(5-2-8)16-12-6-3-9(14)7-11(12)15/h1-5,7,16H,13-15H2. The number of nitrogen functional groups attached to an aromatic ring is 3. The second-order valence-electron chi connectivity index (χ2n) is 3.51. The molecule has 0 atom stereocenters. The summed E-state index contributed by atoms with van der Waals surface area (Å²) in [6, 6.07) is 13.7. The van der Waals surface area contributed by atoms with E-state index in [0.717, 1.165) is 11.4 Å². The molecule has 2 aromatic rings. The highest BCUT2D eigenvalue weighted by atomic mass is 14.9. The highest BCUT2D eigenvalue weighted by Crippen LogP contribution is 2.24. The molecule has 0 spiro atoms. The third kappa shape index (κ3) is 2.17. The Balaban J connectivity index is 2.23. The molecule has 0 unspecified atom stereocenters. The van der Waals surface area contributed by atoms with Gasteiger partial charge in [0.1, 0.15) is 0 Å². The molecule has 7 N–H and O–H groups in total. The highest BCUT2D eigenvalue weighted by molar-refractivity contribution is 5.75. The first kappa shape index (κ1) is 10.2. The predicted octanol–water partition coefficient (Wildman–Crippen LogP) is 1.98. The van der Waals surface area contributed by atoms with Gasteiger partial charge in [0.15, 0.2) is 0 Å². The van der Waals surface area contributed by atoms with Crippen LogP contribution in [0, 0.1) is 6.07 Å². The largest absolute Gasteiger partial charge is 0.399 e. The third-order valence-corrected chi connectivity index (χ3v) is 2.17. The van der Waals surface area contributed by atoms with E-state index in [0.29, 0.717) is 17.1 Å². The van der Waals surface area contributed by atoms with Gasteiger partial charge in [0.25, 0.3) is 0 Å². The Morgan fingerprint density at radius 3 is 2.25 bits per heavy atom. The number of nitrogens with two attached hydrogens (primary N) is 3. The summed E-state index contributed by atoms with van der Waals surface area (Å²) >= 11 is 0. The lowest BCUT2D eigenvalue weighted by atomic mass is 10.2. The molecule has 16 heavy (non-hydrogen) atoms. The van der Waals surface area contributed by atoms with Crippen molar-refractivity contribution in [3.63, 3.8) is 0 Å². The van der Waals surface area contributed by atoms with Crippen LogP contribution in [-0.4, -0.2) is 0 Å². The third-order valence-electron chi connectivity index (χ3n) is 2.17. The van der Waals surface area contributed by atoms with Crippen molar-refractivity contribution in [3.05, 3.63) is 42.5 Å². The van der Waals surface area contributed by atoms with Gasteiger partial charge < -0.3 is 22.5 Å². The minimum atomic E-state index is 0.567. The van der Waals surface area contributed by atoms with Crippen molar-refractivity contribution in [2.75, 3.05) is 22.5 Å². The van der Waals surface area contributed by atoms with Crippen LogP contribution >= 0.6 is 0 Å². The smallest absolute Gasteiger partial charge is 0.0699 e. The van der Waals surface area contributed by atoms with Crippen molar-refractivity contribution in [3.8, 4) is 0 Å². The van der Waals surface area contributed by atoms with Crippen molar-refractivity contribution in [1.29, 1.82) is 0 Å². The van der Waals surface area contributed by atoms with Gasteiger partial charge in [-0.1, -0.05) is 0 Å². The second-order valence-corrected chi connectivity index (χ2v) is 3.51. The van der Waals surface area contributed by atoms with Gasteiger partial charge >= 0.3 is 0 Å². The SMILES string of the molecule is Nc1ccc(Nc2[c]cc(N)cc2N)cc1. The summed E-state index contributed by atoms with van der Waals surface area (Å²) in [6.45, 7) is 0. The van der Waals surface area contributed by atoms with Gasteiger partial charge in [-0.15, -0.1) is 0 Å². The maximum absolute atomic E-state index is 5.80. The van der Waals surface area contributed by atoms with Gasteiger partial charge in [0.2, 0.25) is 0 Å². The van der Waals surface area contributed by atoms with E-state index in [-0.39, 0.29) is 0 Å². The molecule has 0 aliphatic carbocycles. The van der Waals surface area contributed by atoms with E-state index in [1.165, 1.54) is 0 Å². The monoisotopic (exact) mass is 213 g/mol. The molecule has 0 fully saturated rings. The molecule has 4 heteroatoms. The van der Waals surface area contributed by atoms with Crippen LogP contribution in [0.2, 0.25) is 0 Å². The molecular formula is C12H13N4. The Labute approximate surface area is 94.1 Å². The summed E-state index contributed by atoms with van der Waals surface area (Å²) < 4.78 is 0. The van der Waals surface area contributed by atoms with Crippen LogP contribution in [0.3, 0.4) is 0 Å². The van der Waals surface area contributed by atoms with E-state index >= 15 is 0 Å². The first-order chi connectivity index (χ1) is 7.65. The molecule has 0 heterocycles. The number of rotatable bonds is 2. The summed E-state index contributed by atoms with van der Waals surface area (Å²) in [5.74, 6) is 0.